The Balaban J connectivity index is 1.65. The molecule has 3 nitrogen and oxygen atoms in total. The van der Waals surface area contributed by atoms with Crippen LogP contribution in [0.25, 0.3) is 0 Å². The van der Waals surface area contributed by atoms with Crippen molar-refractivity contribution in [3.05, 3.63) is 93.8 Å². The number of carbonyl (C=O) groups is 1. The summed E-state index contributed by atoms with van der Waals surface area (Å²) in [6.07, 6.45) is 6.51. The Morgan fingerprint density at radius 2 is 1.25 bits per heavy atom. The second kappa shape index (κ2) is 14.4. The molecule has 0 spiro atoms. The highest BCUT2D eigenvalue weighted by Gasteiger charge is 2.26. The molecule has 0 fully saturated rings. The van der Waals surface area contributed by atoms with Crippen LogP contribution in [-0.2, 0) is 0 Å². The molecule has 3 aromatic rings. The van der Waals surface area contributed by atoms with E-state index in [1.165, 1.54) is 24.3 Å². The minimum Gasteiger partial charge on any atom is -0.487 e. The number of rotatable bonds is 11. The number of benzene rings is 3. The predicted molar refractivity (Wildman–Crippen MR) is 133 cm³/mol. The number of ether oxygens (including phenoxy) is 2. The molecule has 0 unspecified atom stereocenters. The lowest BCUT2D eigenvalue weighted by molar-refractivity contribution is 0.0733. The minimum atomic E-state index is -1.74. The summed E-state index contributed by atoms with van der Waals surface area (Å²) >= 11 is 0. The number of halogens is 7. The second-order valence-electron chi connectivity index (χ2n) is 8.85. The smallest absolute Gasteiger partial charge is 0.343 e. The zero-order valence-electron chi connectivity index (χ0n) is 21.5. The van der Waals surface area contributed by atoms with E-state index in [2.05, 4.69) is 12.8 Å². The number of hydrogen-bond acceptors (Lipinski definition) is 3. The van der Waals surface area contributed by atoms with Crippen LogP contribution < -0.4 is 9.47 Å². The third-order valence-corrected chi connectivity index (χ3v) is 5.83. The number of unbranched alkanes of at least 4 members (excludes halogenated alkanes) is 6. The van der Waals surface area contributed by atoms with E-state index in [0.29, 0.717) is 18.6 Å². The van der Waals surface area contributed by atoms with Crippen LogP contribution in [0.3, 0.4) is 0 Å². The summed E-state index contributed by atoms with van der Waals surface area (Å²) in [7, 11) is 0. The van der Waals surface area contributed by atoms with Crippen molar-refractivity contribution in [2.45, 2.75) is 51.9 Å². The average Bonchev–Trinajstić information content (AvgIpc) is 2.94. The molecule has 0 aliphatic heterocycles. The fraction of sp³-hybridized carbons (Fsp3) is 0.300. The van der Waals surface area contributed by atoms with Gasteiger partial charge in [0.25, 0.3) is 0 Å². The fourth-order valence-corrected chi connectivity index (χ4v) is 3.66. The summed E-state index contributed by atoms with van der Waals surface area (Å²) in [6.45, 7) is 1.99. The molecule has 0 atom stereocenters. The van der Waals surface area contributed by atoms with E-state index in [0.717, 1.165) is 38.5 Å². The van der Waals surface area contributed by atoms with Gasteiger partial charge in [0.15, 0.2) is 34.8 Å². The molecule has 0 aliphatic rings. The zero-order valence-corrected chi connectivity index (χ0v) is 21.5. The molecule has 212 valence electrons. The van der Waals surface area contributed by atoms with Crippen molar-refractivity contribution < 1.29 is 45.0 Å². The molecule has 0 radical (unpaired) electrons. The van der Waals surface area contributed by atoms with Gasteiger partial charge in [0.2, 0.25) is 11.6 Å². The van der Waals surface area contributed by atoms with Gasteiger partial charge in [-0.05, 0) is 42.8 Å². The molecule has 3 aromatic carbocycles. The Morgan fingerprint density at radius 1 is 0.700 bits per heavy atom. The van der Waals surface area contributed by atoms with Crippen LogP contribution in [0.2, 0.25) is 0 Å². The van der Waals surface area contributed by atoms with Gasteiger partial charge in [-0.1, -0.05) is 57.3 Å². The Labute approximate surface area is 226 Å². The highest BCUT2D eigenvalue weighted by Crippen LogP contribution is 2.30. The fourth-order valence-electron chi connectivity index (χ4n) is 3.66. The molecule has 0 N–H and O–H groups in total. The first-order valence-corrected chi connectivity index (χ1v) is 12.6. The highest BCUT2D eigenvalue weighted by molar-refractivity contribution is 5.91. The SMILES string of the molecule is CCCCCCCCCOc1c(F)c(F)c(C#Cc2ccc(OC(=O)c3cc(F)c(F)c(F)c3)cc2)c(F)c1F. The molecule has 0 heterocycles. The summed E-state index contributed by atoms with van der Waals surface area (Å²) in [6, 6.07) is 5.84. The molecule has 0 amide bonds. The van der Waals surface area contributed by atoms with Crippen LogP contribution in [0, 0.1) is 52.6 Å². The van der Waals surface area contributed by atoms with E-state index < -0.39 is 63.6 Å². The lowest BCUT2D eigenvalue weighted by Crippen LogP contribution is -2.10. The van der Waals surface area contributed by atoms with Crippen molar-refractivity contribution in [1.29, 1.82) is 0 Å². The van der Waals surface area contributed by atoms with E-state index in [1.54, 1.807) is 0 Å². The Kier molecular flexibility index (Phi) is 11.0. The lowest BCUT2D eigenvalue weighted by Gasteiger charge is -2.11. The van der Waals surface area contributed by atoms with Crippen LogP contribution in [-0.4, -0.2) is 12.6 Å². The van der Waals surface area contributed by atoms with E-state index in [-0.39, 0.29) is 17.9 Å². The molecular formula is C30H25F7O3. The first kappa shape index (κ1) is 30.5. The number of esters is 1. The number of hydrogen-bond donors (Lipinski definition) is 0. The van der Waals surface area contributed by atoms with Crippen molar-refractivity contribution in [2.75, 3.05) is 6.61 Å². The molecule has 0 aromatic heterocycles. The van der Waals surface area contributed by atoms with Gasteiger partial charge in [-0.15, -0.1) is 0 Å². The van der Waals surface area contributed by atoms with Crippen molar-refractivity contribution >= 4 is 5.97 Å². The Bertz CT molecular complexity index is 1360. The van der Waals surface area contributed by atoms with Crippen LogP contribution in [0.15, 0.2) is 36.4 Å². The molecular weight excluding hydrogens is 541 g/mol. The zero-order chi connectivity index (χ0) is 29.2. The first-order chi connectivity index (χ1) is 19.1. The largest absolute Gasteiger partial charge is 0.487 e. The molecule has 10 heteroatoms. The summed E-state index contributed by atoms with van der Waals surface area (Å²) in [5, 5.41) is 0. The average molecular weight is 567 g/mol. The van der Waals surface area contributed by atoms with Gasteiger partial charge in [0.05, 0.1) is 12.2 Å². The normalized spacial score (nSPS) is 10.7. The van der Waals surface area contributed by atoms with E-state index >= 15 is 0 Å². The number of carbonyl (C=O) groups excluding carboxylic acids is 1. The third kappa shape index (κ3) is 7.78. The summed E-state index contributed by atoms with van der Waals surface area (Å²) < 4.78 is 108. The summed E-state index contributed by atoms with van der Waals surface area (Å²) in [4.78, 5) is 12.1. The minimum absolute atomic E-state index is 0.0994. The van der Waals surface area contributed by atoms with Crippen molar-refractivity contribution in [3.63, 3.8) is 0 Å². The van der Waals surface area contributed by atoms with Gasteiger partial charge in [-0.3, -0.25) is 0 Å². The van der Waals surface area contributed by atoms with Crippen molar-refractivity contribution in [2.24, 2.45) is 0 Å². The summed E-state index contributed by atoms with van der Waals surface area (Å²) in [5.74, 6) is -9.70. The molecule has 40 heavy (non-hydrogen) atoms. The third-order valence-electron chi connectivity index (χ3n) is 5.83. The van der Waals surface area contributed by atoms with Gasteiger partial charge in [0.1, 0.15) is 11.3 Å². The maximum absolute atomic E-state index is 14.5. The molecule has 3 rings (SSSR count). The topological polar surface area (TPSA) is 35.5 Å². The Morgan fingerprint density at radius 3 is 1.82 bits per heavy atom. The van der Waals surface area contributed by atoms with Crippen molar-refractivity contribution in [3.8, 4) is 23.3 Å². The highest BCUT2D eigenvalue weighted by atomic mass is 19.2. The Hall–Kier alpha value is -4.00. The van der Waals surface area contributed by atoms with Gasteiger partial charge in [0, 0.05) is 5.56 Å². The van der Waals surface area contributed by atoms with E-state index in [9.17, 15) is 35.5 Å². The van der Waals surface area contributed by atoms with E-state index in [1.807, 2.05) is 5.92 Å². The van der Waals surface area contributed by atoms with E-state index in [4.69, 9.17) is 9.47 Å². The van der Waals surface area contributed by atoms with Gasteiger partial charge in [-0.25, -0.2) is 26.7 Å². The molecule has 0 aliphatic carbocycles. The van der Waals surface area contributed by atoms with Crippen LogP contribution in [0.4, 0.5) is 30.7 Å². The van der Waals surface area contributed by atoms with Gasteiger partial charge in [-0.2, -0.15) is 8.78 Å². The molecule has 0 bridgehead atoms. The van der Waals surface area contributed by atoms with Crippen LogP contribution in [0.5, 0.6) is 11.5 Å². The van der Waals surface area contributed by atoms with Crippen molar-refractivity contribution in [1.82, 2.24) is 0 Å². The molecule has 0 saturated carbocycles. The van der Waals surface area contributed by atoms with Crippen LogP contribution in [0.1, 0.15) is 73.4 Å². The van der Waals surface area contributed by atoms with Crippen LogP contribution >= 0.6 is 0 Å². The monoisotopic (exact) mass is 566 g/mol. The quantitative estimate of drug-likeness (QED) is 0.0445. The second-order valence-corrected chi connectivity index (χ2v) is 8.85. The first-order valence-electron chi connectivity index (χ1n) is 12.6. The van der Waals surface area contributed by atoms with Gasteiger partial charge >= 0.3 is 5.97 Å². The maximum Gasteiger partial charge on any atom is 0.343 e. The van der Waals surface area contributed by atoms with Gasteiger partial charge < -0.3 is 9.47 Å². The summed E-state index contributed by atoms with van der Waals surface area (Å²) in [5.41, 5.74) is -1.59. The lowest BCUT2D eigenvalue weighted by atomic mass is 10.1. The maximum atomic E-state index is 14.5. The molecule has 0 saturated heterocycles. The predicted octanol–water partition coefficient (Wildman–Crippen LogP) is 8.41. The standard InChI is InChI=1S/C30H25F7O3/c1-2-3-4-5-6-7-8-15-39-29-27(36)24(33)21(25(34)28(29)37)14-11-18-9-12-20(13-10-18)40-30(38)19-16-22(31)26(35)23(32)17-19/h9-10,12-13,16-17H,2-8,15H2,1H3.